The fraction of sp³-hybridized carbons (Fsp3) is 0.636. The van der Waals surface area contributed by atoms with E-state index in [-0.39, 0.29) is 0 Å². The van der Waals surface area contributed by atoms with Gasteiger partial charge in [0.05, 0.1) is 0 Å². The van der Waals surface area contributed by atoms with E-state index in [1.165, 1.54) is 6.42 Å². The summed E-state index contributed by atoms with van der Waals surface area (Å²) in [5.41, 5.74) is 0. The van der Waals surface area contributed by atoms with Crippen molar-refractivity contribution in [3.05, 3.63) is 12.3 Å². The number of hydrogen-bond acceptors (Lipinski definition) is 5. The number of hydrogen-bond donors (Lipinski definition) is 1. The Morgan fingerprint density at radius 2 is 1.88 bits per heavy atom. The van der Waals surface area contributed by atoms with Gasteiger partial charge >= 0.3 is 0 Å². The van der Waals surface area contributed by atoms with Crippen LogP contribution < -0.4 is 15.1 Å². The predicted molar refractivity (Wildman–Crippen MR) is 63.9 cm³/mol. The molecule has 5 nitrogen and oxygen atoms in total. The number of piperazine rings is 1. The van der Waals surface area contributed by atoms with Crippen molar-refractivity contribution in [1.82, 2.24) is 15.3 Å². The third-order valence-corrected chi connectivity index (χ3v) is 3.21. The van der Waals surface area contributed by atoms with Crippen LogP contribution in [0.5, 0.6) is 0 Å². The van der Waals surface area contributed by atoms with Crippen LogP contribution in [0.2, 0.25) is 0 Å². The quantitative estimate of drug-likeness (QED) is 0.764. The monoisotopic (exact) mass is 219 g/mol. The van der Waals surface area contributed by atoms with Gasteiger partial charge in [0.25, 0.3) is 0 Å². The Hall–Kier alpha value is -1.36. The number of rotatable bonds is 2. The molecule has 0 unspecified atom stereocenters. The molecule has 0 spiro atoms. The van der Waals surface area contributed by atoms with Crippen molar-refractivity contribution in [1.29, 1.82) is 0 Å². The van der Waals surface area contributed by atoms with Crippen LogP contribution in [0.25, 0.3) is 0 Å². The lowest BCUT2D eigenvalue weighted by Gasteiger charge is -2.32. The summed E-state index contributed by atoms with van der Waals surface area (Å²) < 4.78 is 0. The van der Waals surface area contributed by atoms with Crippen LogP contribution in [0.1, 0.15) is 6.42 Å². The molecule has 1 aromatic rings. The first kappa shape index (κ1) is 9.84. The first-order chi connectivity index (χ1) is 7.93. The molecule has 2 aliphatic heterocycles. The molecule has 1 N–H and O–H groups in total. The van der Waals surface area contributed by atoms with Crippen LogP contribution in [-0.4, -0.2) is 49.2 Å². The van der Waals surface area contributed by atoms with Gasteiger partial charge in [0.2, 0.25) is 5.95 Å². The van der Waals surface area contributed by atoms with E-state index in [2.05, 4.69) is 25.1 Å². The maximum Gasteiger partial charge on any atom is 0.227 e. The zero-order chi connectivity index (χ0) is 10.8. The molecule has 0 aliphatic carbocycles. The van der Waals surface area contributed by atoms with E-state index in [4.69, 9.17) is 0 Å². The van der Waals surface area contributed by atoms with E-state index < -0.39 is 0 Å². The Labute approximate surface area is 95.5 Å². The fourth-order valence-electron chi connectivity index (χ4n) is 2.08. The van der Waals surface area contributed by atoms with E-state index in [9.17, 15) is 0 Å². The van der Waals surface area contributed by atoms with Crippen LogP contribution in [0, 0.1) is 0 Å². The van der Waals surface area contributed by atoms with E-state index in [0.29, 0.717) is 0 Å². The van der Waals surface area contributed by atoms with Gasteiger partial charge < -0.3 is 15.1 Å². The van der Waals surface area contributed by atoms with Crippen molar-refractivity contribution in [2.24, 2.45) is 0 Å². The molecular weight excluding hydrogens is 202 g/mol. The van der Waals surface area contributed by atoms with Crippen molar-refractivity contribution in [2.75, 3.05) is 49.1 Å². The van der Waals surface area contributed by atoms with E-state index in [1.54, 1.807) is 0 Å². The molecule has 16 heavy (non-hydrogen) atoms. The molecule has 0 saturated carbocycles. The first-order valence-electron chi connectivity index (χ1n) is 5.97. The highest BCUT2D eigenvalue weighted by Gasteiger charge is 2.18. The van der Waals surface area contributed by atoms with Gasteiger partial charge in [0.1, 0.15) is 5.82 Å². The van der Waals surface area contributed by atoms with Crippen molar-refractivity contribution in [3.8, 4) is 0 Å². The summed E-state index contributed by atoms with van der Waals surface area (Å²) in [7, 11) is 0. The zero-order valence-electron chi connectivity index (χ0n) is 9.39. The Kier molecular flexibility index (Phi) is 2.61. The van der Waals surface area contributed by atoms with Crippen LogP contribution in [0.15, 0.2) is 12.3 Å². The Balaban J connectivity index is 1.77. The number of nitrogens with zero attached hydrogens (tertiary/aromatic N) is 4. The van der Waals surface area contributed by atoms with Crippen molar-refractivity contribution in [3.63, 3.8) is 0 Å². The van der Waals surface area contributed by atoms with Gasteiger partial charge in [-0.2, -0.15) is 4.98 Å². The molecule has 0 radical (unpaired) electrons. The van der Waals surface area contributed by atoms with Gasteiger partial charge in [-0.15, -0.1) is 0 Å². The highest BCUT2D eigenvalue weighted by Crippen LogP contribution is 2.19. The maximum absolute atomic E-state index is 4.63. The van der Waals surface area contributed by atoms with Gasteiger partial charge in [0, 0.05) is 45.5 Å². The Morgan fingerprint density at radius 1 is 1.06 bits per heavy atom. The molecule has 2 saturated heterocycles. The Morgan fingerprint density at radius 3 is 2.56 bits per heavy atom. The third kappa shape index (κ3) is 1.82. The second kappa shape index (κ2) is 4.25. The maximum atomic E-state index is 4.63. The van der Waals surface area contributed by atoms with Crippen molar-refractivity contribution < 1.29 is 0 Å². The first-order valence-corrected chi connectivity index (χ1v) is 5.97. The largest absolute Gasteiger partial charge is 0.354 e. The second-order valence-corrected chi connectivity index (χ2v) is 4.29. The number of anilines is 2. The molecular formula is C11H17N5. The standard InChI is InChI=1S/C11H17N5/c1-6-16(7-1)11-13-3-2-10(14-11)15-8-4-12-5-9-15/h2-3,12H,1,4-9H2. The number of aromatic nitrogens is 2. The van der Waals surface area contributed by atoms with Crippen LogP contribution in [0.4, 0.5) is 11.8 Å². The summed E-state index contributed by atoms with van der Waals surface area (Å²) in [5, 5.41) is 3.35. The molecule has 0 amide bonds. The lowest BCUT2D eigenvalue weighted by Crippen LogP contribution is -2.44. The van der Waals surface area contributed by atoms with E-state index >= 15 is 0 Å². The summed E-state index contributed by atoms with van der Waals surface area (Å²) in [6.07, 6.45) is 3.14. The average Bonchev–Trinajstić information content (AvgIpc) is 2.28. The molecule has 0 bridgehead atoms. The molecule has 3 rings (SSSR count). The minimum Gasteiger partial charge on any atom is -0.354 e. The Bertz CT molecular complexity index is 357. The summed E-state index contributed by atoms with van der Waals surface area (Å²) >= 11 is 0. The van der Waals surface area contributed by atoms with Gasteiger partial charge in [-0.3, -0.25) is 0 Å². The van der Waals surface area contributed by atoms with Crippen molar-refractivity contribution in [2.45, 2.75) is 6.42 Å². The van der Waals surface area contributed by atoms with Crippen LogP contribution in [0.3, 0.4) is 0 Å². The molecule has 1 aromatic heterocycles. The minimum absolute atomic E-state index is 0.891. The molecule has 5 heteroatoms. The van der Waals surface area contributed by atoms with Gasteiger partial charge in [-0.25, -0.2) is 4.98 Å². The summed E-state index contributed by atoms with van der Waals surface area (Å²) in [5.74, 6) is 1.96. The average molecular weight is 219 g/mol. The van der Waals surface area contributed by atoms with Gasteiger partial charge in [-0.05, 0) is 12.5 Å². The molecule has 0 atom stereocenters. The molecule has 0 aromatic carbocycles. The lowest BCUT2D eigenvalue weighted by atomic mass is 10.2. The minimum atomic E-state index is 0.891. The van der Waals surface area contributed by atoms with E-state index in [0.717, 1.165) is 51.0 Å². The normalized spacial score (nSPS) is 20.8. The fourth-order valence-corrected chi connectivity index (χ4v) is 2.08. The van der Waals surface area contributed by atoms with Crippen LogP contribution >= 0.6 is 0 Å². The smallest absolute Gasteiger partial charge is 0.227 e. The number of nitrogens with one attached hydrogen (secondary N) is 1. The highest BCUT2D eigenvalue weighted by atomic mass is 15.3. The predicted octanol–water partition coefficient (Wildman–Crippen LogP) is 0.0963. The molecule has 86 valence electrons. The zero-order valence-corrected chi connectivity index (χ0v) is 9.39. The van der Waals surface area contributed by atoms with Crippen LogP contribution in [-0.2, 0) is 0 Å². The molecule has 2 fully saturated rings. The summed E-state index contributed by atoms with van der Waals surface area (Å²) in [4.78, 5) is 13.5. The van der Waals surface area contributed by atoms with Crippen molar-refractivity contribution >= 4 is 11.8 Å². The van der Waals surface area contributed by atoms with Gasteiger partial charge in [0.15, 0.2) is 0 Å². The molecule has 2 aliphatic rings. The van der Waals surface area contributed by atoms with E-state index in [1.807, 2.05) is 12.3 Å². The summed E-state index contributed by atoms with van der Waals surface area (Å²) in [6.45, 7) is 6.37. The summed E-state index contributed by atoms with van der Waals surface area (Å²) in [6, 6.07) is 2.01. The topological polar surface area (TPSA) is 44.3 Å². The van der Waals surface area contributed by atoms with Gasteiger partial charge in [-0.1, -0.05) is 0 Å². The highest BCUT2D eigenvalue weighted by molar-refractivity contribution is 5.45. The third-order valence-electron chi connectivity index (χ3n) is 3.21. The second-order valence-electron chi connectivity index (χ2n) is 4.29. The lowest BCUT2D eigenvalue weighted by molar-refractivity contribution is 0.578. The molecule has 3 heterocycles. The SMILES string of the molecule is c1cc(N2CCNCC2)nc(N2CCC2)n1.